The Bertz CT molecular complexity index is 620. The number of aryl methyl sites for hydroxylation is 2. The van der Waals surface area contributed by atoms with Crippen LogP contribution in [0.4, 0.5) is 0 Å². The Morgan fingerprint density at radius 3 is 1.78 bits per heavy atom. The fourth-order valence-corrected chi connectivity index (χ4v) is 4.04. The molecule has 23 heavy (non-hydrogen) atoms. The Labute approximate surface area is 142 Å². The van der Waals surface area contributed by atoms with Gasteiger partial charge in [-0.3, -0.25) is 0 Å². The molecule has 1 heterocycles. The van der Waals surface area contributed by atoms with E-state index in [0.29, 0.717) is 6.71 Å². The van der Waals surface area contributed by atoms with Crippen molar-refractivity contribution in [3.8, 4) is 11.1 Å². The number of hydrogen-bond donors (Lipinski definition) is 0. The Morgan fingerprint density at radius 2 is 1.22 bits per heavy atom. The van der Waals surface area contributed by atoms with Gasteiger partial charge in [0.25, 0.3) is 0 Å². The first-order valence-corrected chi connectivity index (χ1v) is 9.42. The van der Waals surface area contributed by atoms with Gasteiger partial charge in [-0.2, -0.15) is 0 Å². The third-order valence-electron chi connectivity index (χ3n) is 5.30. The molecular formula is C22H29B. The molecule has 0 nitrogen and oxygen atoms in total. The van der Waals surface area contributed by atoms with Crippen molar-refractivity contribution in [3.63, 3.8) is 0 Å². The van der Waals surface area contributed by atoms with E-state index < -0.39 is 0 Å². The molecule has 0 spiro atoms. The van der Waals surface area contributed by atoms with Gasteiger partial charge >= 0.3 is 0 Å². The summed E-state index contributed by atoms with van der Waals surface area (Å²) < 4.78 is 0. The topological polar surface area (TPSA) is 0 Å². The van der Waals surface area contributed by atoms with Crippen LogP contribution in [0.15, 0.2) is 36.4 Å². The lowest BCUT2D eigenvalue weighted by Crippen LogP contribution is -2.37. The third-order valence-corrected chi connectivity index (χ3v) is 5.30. The van der Waals surface area contributed by atoms with E-state index in [1.807, 2.05) is 0 Å². The molecule has 0 fully saturated rings. The van der Waals surface area contributed by atoms with Crippen molar-refractivity contribution in [2.24, 2.45) is 0 Å². The molecule has 2 aromatic rings. The van der Waals surface area contributed by atoms with Gasteiger partial charge in [-0.05, 0) is 25.0 Å². The van der Waals surface area contributed by atoms with Crippen LogP contribution in [0, 0.1) is 13.8 Å². The summed E-state index contributed by atoms with van der Waals surface area (Å²) in [5.41, 5.74) is 8.86. The smallest absolute Gasteiger partial charge is 0.0662 e. The Kier molecular flexibility index (Phi) is 5.25. The number of hydrogen-bond acceptors (Lipinski definition) is 0. The summed E-state index contributed by atoms with van der Waals surface area (Å²) in [5.74, 6) is 0. The monoisotopic (exact) mass is 304 g/mol. The first-order valence-electron chi connectivity index (χ1n) is 9.42. The minimum absolute atomic E-state index is 0.617. The van der Waals surface area contributed by atoms with Crippen molar-refractivity contribution >= 4 is 17.6 Å². The summed E-state index contributed by atoms with van der Waals surface area (Å²) in [4.78, 5) is 0. The summed E-state index contributed by atoms with van der Waals surface area (Å²) in [6, 6.07) is 14.0. The minimum Gasteiger partial charge on any atom is -0.0662 e. The van der Waals surface area contributed by atoms with Gasteiger partial charge in [-0.15, -0.1) is 0 Å². The molecule has 0 bridgehead atoms. The highest BCUT2D eigenvalue weighted by molar-refractivity contribution is 6.89. The van der Waals surface area contributed by atoms with Crippen molar-refractivity contribution in [2.45, 2.75) is 65.6 Å². The second-order valence-electron chi connectivity index (χ2n) is 7.29. The first kappa shape index (κ1) is 16.4. The lowest BCUT2D eigenvalue weighted by atomic mass is 9.40. The fraction of sp³-hybridized carbons (Fsp3) is 0.455. The summed E-state index contributed by atoms with van der Waals surface area (Å²) in [7, 11) is 0. The summed E-state index contributed by atoms with van der Waals surface area (Å²) >= 11 is 0. The highest BCUT2D eigenvalue weighted by Gasteiger charge is 2.31. The van der Waals surface area contributed by atoms with Gasteiger partial charge in [-0.1, -0.05) is 110 Å². The maximum absolute atomic E-state index is 2.42. The summed E-state index contributed by atoms with van der Waals surface area (Å²) in [6.07, 6.45) is 9.59. The van der Waals surface area contributed by atoms with Crippen molar-refractivity contribution in [1.82, 2.24) is 0 Å². The zero-order valence-corrected chi connectivity index (χ0v) is 15.0. The lowest BCUT2D eigenvalue weighted by molar-refractivity contribution is 0.624. The van der Waals surface area contributed by atoms with E-state index in [1.165, 1.54) is 67.1 Å². The highest BCUT2D eigenvalue weighted by Crippen LogP contribution is 2.26. The Balaban J connectivity index is 1.77. The largest absolute Gasteiger partial charge is 0.210 e. The molecule has 3 rings (SSSR count). The molecule has 0 saturated carbocycles. The van der Waals surface area contributed by atoms with Crippen LogP contribution in [-0.2, 0) is 0 Å². The molecule has 1 heteroatoms. The molecule has 0 radical (unpaired) electrons. The standard InChI is InChI=1S/C22H29B/c1-4-5-6-7-8-9-14-23-21-15-17(2)10-12-19(21)20-13-11-18(3)16-22(20)23/h10-13,15-16H,4-9,14H2,1-3H3. The molecule has 0 saturated heterocycles. The molecule has 1 aliphatic heterocycles. The molecule has 120 valence electrons. The van der Waals surface area contributed by atoms with Crippen LogP contribution in [0.2, 0.25) is 6.32 Å². The predicted octanol–water partition coefficient (Wildman–Crippen LogP) is 5.25. The van der Waals surface area contributed by atoms with E-state index in [-0.39, 0.29) is 0 Å². The molecule has 0 amide bonds. The lowest BCUT2D eigenvalue weighted by Gasteiger charge is -2.11. The van der Waals surface area contributed by atoms with Crippen LogP contribution in [-0.4, -0.2) is 6.71 Å². The van der Waals surface area contributed by atoms with Crippen LogP contribution >= 0.6 is 0 Å². The van der Waals surface area contributed by atoms with Crippen molar-refractivity contribution in [3.05, 3.63) is 47.5 Å². The van der Waals surface area contributed by atoms with Crippen molar-refractivity contribution in [2.75, 3.05) is 0 Å². The average molecular weight is 304 g/mol. The van der Waals surface area contributed by atoms with Crippen molar-refractivity contribution < 1.29 is 0 Å². The molecule has 0 atom stereocenters. The number of unbranched alkanes of at least 4 members (excludes halogenated alkanes) is 5. The van der Waals surface area contributed by atoms with Gasteiger partial charge in [-0.25, -0.2) is 0 Å². The number of benzene rings is 2. The molecular weight excluding hydrogens is 275 g/mol. The van der Waals surface area contributed by atoms with Crippen LogP contribution in [0.3, 0.4) is 0 Å². The molecule has 0 aromatic heterocycles. The molecule has 0 N–H and O–H groups in total. The fourth-order valence-electron chi connectivity index (χ4n) is 4.04. The highest BCUT2D eigenvalue weighted by atomic mass is 14.2. The minimum atomic E-state index is 0.617. The molecule has 2 aromatic carbocycles. The van der Waals surface area contributed by atoms with Crippen LogP contribution in [0.5, 0.6) is 0 Å². The van der Waals surface area contributed by atoms with Gasteiger partial charge in [0.15, 0.2) is 0 Å². The zero-order valence-electron chi connectivity index (χ0n) is 15.0. The molecule has 1 aliphatic rings. The van der Waals surface area contributed by atoms with Crippen LogP contribution in [0.1, 0.15) is 56.6 Å². The average Bonchev–Trinajstić information content (AvgIpc) is 2.83. The van der Waals surface area contributed by atoms with E-state index in [2.05, 4.69) is 57.2 Å². The van der Waals surface area contributed by atoms with Gasteiger partial charge in [0, 0.05) is 0 Å². The number of rotatable bonds is 7. The maximum atomic E-state index is 2.42. The Morgan fingerprint density at radius 1 is 0.696 bits per heavy atom. The van der Waals surface area contributed by atoms with E-state index in [4.69, 9.17) is 0 Å². The van der Waals surface area contributed by atoms with Crippen LogP contribution in [0.25, 0.3) is 11.1 Å². The number of fused-ring (bicyclic) bond motifs is 3. The Hall–Kier alpha value is -1.50. The molecule has 0 unspecified atom stereocenters. The van der Waals surface area contributed by atoms with E-state index >= 15 is 0 Å². The second-order valence-corrected chi connectivity index (χ2v) is 7.29. The van der Waals surface area contributed by atoms with E-state index in [9.17, 15) is 0 Å². The van der Waals surface area contributed by atoms with Gasteiger partial charge in [0.1, 0.15) is 0 Å². The second kappa shape index (κ2) is 7.38. The van der Waals surface area contributed by atoms with Gasteiger partial charge in [0.05, 0.1) is 0 Å². The van der Waals surface area contributed by atoms with Gasteiger partial charge in [0.2, 0.25) is 6.71 Å². The van der Waals surface area contributed by atoms with Crippen LogP contribution < -0.4 is 10.9 Å². The first-order chi connectivity index (χ1) is 11.2. The normalized spacial score (nSPS) is 12.4. The van der Waals surface area contributed by atoms with E-state index in [1.54, 1.807) is 10.9 Å². The maximum Gasteiger partial charge on any atom is 0.210 e. The zero-order chi connectivity index (χ0) is 16.2. The SMILES string of the molecule is CCCCCCCCB1c2cc(C)ccc2-c2ccc(C)cc21. The van der Waals surface area contributed by atoms with Crippen molar-refractivity contribution in [1.29, 1.82) is 0 Å². The quantitative estimate of drug-likeness (QED) is 0.484. The third kappa shape index (κ3) is 3.55. The molecule has 0 aliphatic carbocycles. The van der Waals surface area contributed by atoms with E-state index in [0.717, 1.165) is 0 Å². The van der Waals surface area contributed by atoms with Gasteiger partial charge < -0.3 is 0 Å². The summed E-state index contributed by atoms with van der Waals surface area (Å²) in [6.45, 7) is 7.34. The predicted molar refractivity (Wildman–Crippen MR) is 105 cm³/mol. The summed E-state index contributed by atoms with van der Waals surface area (Å²) in [5, 5.41) is 0.